The predicted molar refractivity (Wildman–Crippen MR) is 122 cm³/mol. The summed E-state index contributed by atoms with van der Waals surface area (Å²) in [4.78, 5) is 24.8. The van der Waals surface area contributed by atoms with E-state index in [1.165, 1.54) is 37.3 Å². The van der Waals surface area contributed by atoms with Crippen LogP contribution in [0.3, 0.4) is 0 Å². The number of anilines is 2. The highest BCUT2D eigenvalue weighted by Gasteiger charge is 2.34. The molecule has 0 spiro atoms. The molecule has 2 N–H and O–H groups in total. The molecule has 35 heavy (non-hydrogen) atoms. The molecule has 0 unspecified atom stereocenters. The summed E-state index contributed by atoms with van der Waals surface area (Å²) in [7, 11) is 1.53. The fourth-order valence-electron chi connectivity index (χ4n) is 3.12. The first-order valence-corrected chi connectivity index (χ1v) is 11.1. The molecule has 0 radical (unpaired) electrons. The third-order valence-electron chi connectivity index (χ3n) is 4.77. The highest BCUT2D eigenvalue weighted by atomic mass is 32.2. The second kappa shape index (κ2) is 9.62. The summed E-state index contributed by atoms with van der Waals surface area (Å²) in [6, 6.07) is 7.53. The normalized spacial score (nSPS) is 11.3. The van der Waals surface area contributed by atoms with Crippen LogP contribution in [0.15, 0.2) is 60.0 Å². The third kappa shape index (κ3) is 5.35. The molecule has 0 atom stereocenters. The van der Waals surface area contributed by atoms with Crippen LogP contribution in [0.25, 0.3) is 16.9 Å². The van der Waals surface area contributed by atoms with Gasteiger partial charge in [-0.3, -0.25) is 4.98 Å². The number of rotatable bonds is 7. The van der Waals surface area contributed by atoms with Gasteiger partial charge in [0.25, 0.3) is 0 Å². The van der Waals surface area contributed by atoms with Crippen molar-refractivity contribution in [2.75, 3.05) is 18.7 Å². The van der Waals surface area contributed by atoms with E-state index in [0.29, 0.717) is 17.0 Å². The van der Waals surface area contributed by atoms with Crippen molar-refractivity contribution < 1.29 is 27.8 Å². The highest BCUT2D eigenvalue weighted by Crippen LogP contribution is 2.32. The monoisotopic (exact) mass is 502 g/mol. The zero-order valence-corrected chi connectivity index (χ0v) is 19.1. The lowest BCUT2D eigenvalue weighted by molar-refractivity contribution is -0.141. The number of nitrogens with zero attached hydrogens (tertiary/aromatic N) is 5. The minimum Gasteiger partial charge on any atom is -0.497 e. The second-order valence-electron chi connectivity index (χ2n) is 7.07. The minimum absolute atomic E-state index is 0.00433. The minimum atomic E-state index is -4.65. The van der Waals surface area contributed by atoms with E-state index in [-0.39, 0.29) is 22.9 Å². The zero-order chi connectivity index (χ0) is 25.2. The van der Waals surface area contributed by atoms with E-state index in [9.17, 15) is 23.1 Å². The van der Waals surface area contributed by atoms with Gasteiger partial charge in [0.15, 0.2) is 11.5 Å². The maximum Gasteiger partial charge on any atom is 0.435 e. The van der Waals surface area contributed by atoms with Crippen LogP contribution in [0.5, 0.6) is 5.75 Å². The average molecular weight is 502 g/mol. The maximum absolute atomic E-state index is 13.2. The summed E-state index contributed by atoms with van der Waals surface area (Å²) < 4.78 is 45.8. The fraction of sp³-hybridized carbons (Fsp3) is 0.136. The van der Waals surface area contributed by atoms with Crippen LogP contribution in [0.4, 0.5) is 24.8 Å². The summed E-state index contributed by atoms with van der Waals surface area (Å²) in [5.74, 6) is -0.540. The van der Waals surface area contributed by atoms with E-state index in [2.05, 4.69) is 25.4 Å². The number of aromatic carboxylic acids is 1. The summed E-state index contributed by atoms with van der Waals surface area (Å²) in [6.45, 7) is 0. The number of methoxy groups -OCH3 is 1. The summed E-state index contributed by atoms with van der Waals surface area (Å²) in [5.41, 5.74) is -0.0853. The number of nitrogens with one attached hydrogen (secondary N) is 1. The first kappa shape index (κ1) is 24.0. The Morgan fingerprint density at radius 2 is 1.97 bits per heavy atom. The molecule has 9 nitrogen and oxygen atoms in total. The Morgan fingerprint density at radius 3 is 2.63 bits per heavy atom. The molecule has 0 amide bonds. The first-order valence-electron chi connectivity index (χ1n) is 9.87. The number of alkyl halides is 3. The van der Waals surface area contributed by atoms with Gasteiger partial charge in [0.1, 0.15) is 5.75 Å². The van der Waals surface area contributed by atoms with Gasteiger partial charge in [0, 0.05) is 52.6 Å². The smallest absolute Gasteiger partial charge is 0.435 e. The second-order valence-corrected chi connectivity index (χ2v) is 7.95. The lowest BCUT2D eigenvalue weighted by atomic mass is 10.1. The Labute approximate surface area is 201 Å². The predicted octanol–water partition coefficient (Wildman–Crippen LogP) is 4.92. The van der Waals surface area contributed by atoms with Crippen molar-refractivity contribution in [2.45, 2.75) is 11.1 Å². The lowest BCUT2D eigenvalue weighted by Crippen LogP contribution is -2.10. The molecule has 0 aliphatic carbocycles. The molecule has 3 heterocycles. The van der Waals surface area contributed by atoms with Crippen LogP contribution in [0, 0.1) is 0 Å². The lowest BCUT2D eigenvalue weighted by Gasteiger charge is -2.13. The van der Waals surface area contributed by atoms with Crippen LogP contribution >= 0.6 is 11.8 Å². The van der Waals surface area contributed by atoms with Crippen molar-refractivity contribution in [1.29, 1.82) is 0 Å². The van der Waals surface area contributed by atoms with E-state index in [0.717, 1.165) is 28.0 Å². The number of carbonyl (C=O) groups is 1. The summed E-state index contributed by atoms with van der Waals surface area (Å²) in [5, 5.41) is 15.9. The van der Waals surface area contributed by atoms with Crippen LogP contribution < -0.4 is 10.1 Å². The summed E-state index contributed by atoms with van der Waals surface area (Å²) in [6.07, 6.45) is 2.24. The molecular formula is C22H17F3N6O3S. The molecule has 4 aromatic rings. The van der Waals surface area contributed by atoms with Crippen molar-refractivity contribution >= 4 is 29.4 Å². The van der Waals surface area contributed by atoms with Gasteiger partial charge in [0.05, 0.1) is 12.7 Å². The molecule has 180 valence electrons. The molecule has 0 aliphatic heterocycles. The van der Waals surface area contributed by atoms with E-state index in [1.807, 2.05) is 18.4 Å². The van der Waals surface area contributed by atoms with Crippen molar-refractivity contribution in [3.8, 4) is 22.7 Å². The third-order valence-corrected chi connectivity index (χ3v) is 5.48. The number of ether oxygens (including phenoxy) is 1. The number of hydrogen-bond acceptors (Lipinski definition) is 8. The number of pyridine rings is 1. The Balaban J connectivity index is 1.82. The molecule has 13 heteroatoms. The number of carboxylic acid groups (broad SMARTS) is 1. The quantitative estimate of drug-likeness (QED) is 0.340. The summed E-state index contributed by atoms with van der Waals surface area (Å²) >= 11 is 1.50. The first-order chi connectivity index (χ1) is 16.7. The van der Waals surface area contributed by atoms with Gasteiger partial charge in [-0.15, -0.1) is 11.8 Å². The molecule has 0 bridgehead atoms. The Kier molecular flexibility index (Phi) is 6.60. The largest absolute Gasteiger partial charge is 0.497 e. The van der Waals surface area contributed by atoms with Crippen molar-refractivity contribution in [1.82, 2.24) is 24.7 Å². The SMILES string of the molecule is COc1cc(Nc2ncc(-c3cncc(C(=O)O)c3)c(-n3ccc(C(F)(F)F)n3)n2)cc(SC)c1. The molecular weight excluding hydrogens is 485 g/mol. The Morgan fingerprint density at radius 1 is 1.17 bits per heavy atom. The van der Waals surface area contributed by atoms with E-state index < -0.39 is 17.8 Å². The van der Waals surface area contributed by atoms with Crippen molar-refractivity contribution in [2.24, 2.45) is 0 Å². The van der Waals surface area contributed by atoms with Gasteiger partial charge in [-0.2, -0.15) is 23.3 Å². The topological polar surface area (TPSA) is 115 Å². The van der Waals surface area contributed by atoms with Gasteiger partial charge >= 0.3 is 12.1 Å². The van der Waals surface area contributed by atoms with Crippen molar-refractivity contribution in [3.05, 3.63) is 66.4 Å². The number of thioether (sulfide) groups is 1. The molecule has 1 aromatic carbocycles. The number of hydrogen-bond donors (Lipinski definition) is 2. The number of halogens is 3. The van der Waals surface area contributed by atoms with E-state index in [1.54, 1.807) is 6.07 Å². The van der Waals surface area contributed by atoms with Gasteiger partial charge in [-0.1, -0.05) is 0 Å². The maximum atomic E-state index is 13.2. The number of carboxylic acids is 1. The molecule has 4 rings (SSSR count). The molecule has 3 aromatic heterocycles. The van der Waals surface area contributed by atoms with Crippen LogP contribution in [-0.2, 0) is 6.18 Å². The van der Waals surface area contributed by atoms with Gasteiger partial charge in [-0.25, -0.2) is 14.5 Å². The van der Waals surface area contributed by atoms with Gasteiger partial charge in [0.2, 0.25) is 5.95 Å². The van der Waals surface area contributed by atoms with Gasteiger partial charge in [-0.05, 0) is 30.5 Å². The molecule has 0 saturated carbocycles. The highest BCUT2D eigenvalue weighted by molar-refractivity contribution is 7.98. The van der Waals surface area contributed by atoms with Gasteiger partial charge < -0.3 is 15.2 Å². The number of benzene rings is 1. The molecule has 0 aliphatic rings. The van der Waals surface area contributed by atoms with Crippen LogP contribution in [0.1, 0.15) is 16.1 Å². The average Bonchev–Trinajstić information content (AvgIpc) is 3.35. The Bertz CT molecular complexity index is 1370. The molecule has 0 saturated heterocycles. The van der Waals surface area contributed by atoms with E-state index >= 15 is 0 Å². The van der Waals surface area contributed by atoms with Crippen LogP contribution in [-0.4, -0.2) is 49.2 Å². The fourth-order valence-corrected chi connectivity index (χ4v) is 3.60. The van der Waals surface area contributed by atoms with E-state index in [4.69, 9.17) is 4.74 Å². The number of aromatic nitrogens is 5. The molecule has 0 fully saturated rings. The Hall–Kier alpha value is -4.13. The van der Waals surface area contributed by atoms with Crippen LogP contribution in [0.2, 0.25) is 0 Å². The standard InChI is InChI=1S/C22H17F3N6O3S/c1-34-15-6-14(7-16(8-15)35-2)28-21-27-11-17(12-5-13(20(32)33)10-26-9-12)19(29-21)31-4-3-18(30-31)22(23,24)25/h3-11H,1-2H3,(H,32,33)(H,27,28,29). The van der Waals surface area contributed by atoms with Crippen molar-refractivity contribution in [3.63, 3.8) is 0 Å². The zero-order valence-electron chi connectivity index (χ0n) is 18.2.